The van der Waals surface area contributed by atoms with Gasteiger partial charge in [-0.1, -0.05) is 0 Å². The molecule has 0 radical (unpaired) electrons. The molecule has 3 heteroatoms. The van der Waals surface area contributed by atoms with Crippen LogP contribution in [0.4, 0.5) is 0 Å². The van der Waals surface area contributed by atoms with Crippen molar-refractivity contribution in [3.8, 4) is 0 Å². The number of rotatable bonds is 3. The molecule has 0 saturated carbocycles. The molecular weight excluding hydrogens is 549 g/mol. The van der Waals surface area contributed by atoms with E-state index in [-0.39, 0.29) is 0 Å². The Labute approximate surface area is 193 Å². The summed E-state index contributed by atoms with van der Waals surface area (Å²) in [5.41, 5.74) is 0. The SMILES string of the molecule is c1ccc([As]2CCCCCCCCC[As](c3ccccc3)[As]2c2ccccc2)cc1. The van der Waals surface area contributed by atoms with Crippen LogP contribution >= 0.6 is 0 Å². The van der Waals surface area contributed by atoms with Crippen LogP contribution in [0.1, 0.15) is 44.9 Å². The fraction of sp³-hybridized carbons (Fsp3) is 0.333. The molecular formula is C27H33As3. The third kappa shape index (κ3) is 6.19. The zero-order valence-corrected chi connectivity index (χ0v) is 23.5. The first-order valence-electron chi connectivity index (χ1n) is 11.4. The van der Waals surface area contributed by atoms with Crippen molar-refractivity contribution >= 4 is 48.7 Å². The first kappa shape index (κ1) is 22.5. The molecule has 30 heavy (non-hydrogen) atoms. The molecule has 2 unspecified atom stereocenters. The number of benzene rings is 3. The normalized spacial score (nSPS) is 23.8. The molecule has 3 aromatic carbocycles. The summed E-state index contributed by atoms with van der Waals surface area (Å²) in [5, 5.41) is 3.06. The van der Waals surface area contributed by atoms with E-state index in [1.54, 1.807) is 13.1 Å². The van der Waals surface area contributed by atoms with E-state index in [0.29, 0.717) is 0 Å². The van der Waals surface area contributed by atoms with Gasteiger partial charge in [0.2, 0.25) is 0 Å². The van der Waals surface area contributed by atoms with Crippen LogP contribution < -0.4 is 13.1 Å². The standard InChI is InChI=1S/C27H33As3/c1-2-4-15-23-28(25-17-9-6-10-18-25)30(27-21-13-8-14-22-27)29(24-16-5-3-1)26-19-11-7-12-20-26/h6-14,17-22H,1-5,15-16,23-24H2. The predicted octanol–water partition coefficient (Wildman–Crippen LogP) is 5.09. The number of hydrogen-bond acceptors (Lipinski definition) is 0. The molecule has 1 aliphatic heterocycles. The summed E-state index contributed by atoms with van der Waals surface area (Å²) in [5.74, 6) is 0. The van der Waals surface area contributed by atoms with Gasteiger partial charge >= 0.3 is 195 Å². The Morgan fingerprint density at radius 3 is 1.10 bits per heavy atom. The Bertz CT molecular complexity index is 798. The molecule has 0 aromatic heterocycles. The quantitative estimate of drug-likeness (QED) is 0.378. The predicted molar refractivity (Wildman–Crippen MR) is 137 cm³/mol. The maximum absolute atomic E-state index is 2.52. The summed E-state index contributed by atoms with van der Waals surface area (Å²) >= 11 is -2.18. The topological polar surface area (TPSA) is 0 Å². The monoisotopic (exact) mass is 582 g/mol. The van der Waals surface area contributed by atoms with Gasteiger partial charge in [0.15, 0.2) is 0 Å². The molecule has 0 nitrogen and oxygen atoms in total. The molecule has 1 fully saturated rings. The van der Waals surface area contributed by atoms with E-state index < -0.39 is 35.7 Å². The average Bonchev–Trinajstić information content (AvgIpc) is 2.81. The zero-order chi connectivity index (χ0) is 20.4. The van der Waals surface area contributed by atoms with E-state index in [1.807, 2.05) is 0 Å². The fourth-order valence-electron chi connectivity index (χ4n) is 4.24. The van der Waals surface area contributed by atoms with Crippen LogP contribution in [0.3, 0.4) is 0 Å². The summed E-state index contributed by atoms with van der Waals surface area (Å²) in [7, 11) is -1.13. The molecule has 0 spiro atoms. The third-order valence-corrected chi connectivity index (χ3v) is 65.0. The molecule has 0 aliphatic carbocycles. The van der Waals surface area contributed by atoms with Crippen LogP contribution in [0.2, 0.25) is 10.4 Å². The van der Waals surface area contributed by atoms with Gasteiger partial charge in [0, 0.05) is 0 Å². The van der Waals surface area contributed by atoms with Gasteiger partial charge in [0.05, 0.1) is 0 Å². The van der Waals surface area contributed by atoms with Crippen molar-refractivity contribution in [3.05, 3.63) is 91.0 Å². The molecule has 1 aliphatic rings. The van der Waals surface area contributed by atoms with Crippen molar-refractivity contribution in [2.45, 2.75) is 55.4 Å². The van der Waals surface area contributed by atoms with Crippen LogP contribution in [0.5, 0.6) is 0 Å². The molecule has 156 valence electrons. The first-order chi connectivity index (χ1) is 14.9. The van der Waals surface area contributed by atoms with Crippen LogP contribution in [0, 0.1) is 0 Å². The van der Waals surface area contributed by atoms with Crippen molar-refractivity contribution in [3.63, 3.8) is 0 Å². The Morgan fingerprint density at radius 1 is 0.367 bits per heavy atom. The summed E-state index contributed by atoms with van der Waals surface area (Å²) in [6, 6.07) is 35.5. The van der Waals surface area contributed by atoms with Gasteiger partial charge in [-0.15, -0.1) is 0 Å². The van der Waals surface area contributed by atoms with Crippen LogP contribution in [-0.2, 0) is 0 Å². The zero-order valence-electron chi connectivity index (χ0n) is 17.9. The summed E-state index contributed by atoms with van der Waals surface area (Å²) in [6.45, 7) is 0. The van der Waals surface area contributed by atoms with E-state index in [2.05, 4.69) is 91.0 Å². The van der Waals surface area contributed by atoms with E-state index in [1.165, 1.54) is 55.4 Å². The van der Waals surface area contributed by atoms with Crippen molar-refractivity contribution in [2.75, 3.05) is 0 Å². The average molecular weight is 582 g/mol. The van der Waals surface area contributed by atoms with E-state index in [9.17, 15) is 0 Å². The second kappa shape index (κ2) is 12.4. The van der Waals surface area contributed by atoms with Crippen molar-refractivity contribution < 1.29 is 0 Å². The van der Waals surface area contributed by atoms with Gasteiger partial charge in [-0.05, 0) is 0 Å². The summed E-state index contributed by atoms with van der Waals surface area (Å²) < 4.78 is 5.32. The molecule has 0 bridgehead atoms. The second-order valence-electron chi connectivity index (χ2n) is 8.02. The molecule has 1 heterocycles. The number of hydrogen-bond donors (Lipinski definition) is 0. The second-order valence-corrected chi connectivity index (χ2v) is 44.7. The van der Waals surface area contributed by atoms with Crippen LogP contribution in [-0.4, -0.2) is 35.7 Å². The van der Waals surface area contributed by atoms with Crippen molar-refractivity contribution in [1.29, 1.82) is 0 Å². The Hall–Kier alpha value is -0.665. The van der Waals surface area contributed by atoms with Gasteiger partial charge in [0.1, 0.15) is 0 Å². The third-order valence-electron chi connectivity index (χ3n) is 5.79. The first-order valence-corrected chi connectivity index (χ1v) is 27.3. The Balaban J connectivity index is 1.79. The van der Waals surface area contributed by atoms with Crippen molar-refractivity contribution in [1.82, 2.24) is 0 Å². The minimum atomic E-state index is -1.13. The van der Waals surface area contributed by atoms with Gasteiger partial charge in [-0.25, -0.2) is 0 Å². The Morgan fingerprint density at radius 2 is 0.700 bits per heavy atom. The van der Waals surface area contributed by atoms with Gasteiger partial charge in [0.25, 0.3) is 0 Å². The molecule has 3 aromatic rings. The molecule has 4 rings (SSSR count). The van der Waals surface area contributed by atoms with E-state index in [4.69, 9.17) is 0 Å². The van der Waals surface area contributed by atoms with Gasteiger partial charge < -0.3 is 0 Å². The fourth-order valence-corrected chi connectivity index (χ4v) is 77.4. The molecule has 0 amide bonds. The van der Waals surface area contributed by atoms with Gasteiger partial charge in [-0.3, -0.25) is 0 Å². The van der Waals surface area contributed by atoms with Crippen LogP contribution in [0.25, 0.3) is 0 Å². The summed E-state index contributed by atoms with van der Waals surface area (Å²) in [4.78, 5) is 0. The molecule has 0 N–H and O–H groups in total. The minimum absolute atomic E-state index is 1.09. The molecule has 1 saturated heterocycles. The van der Waals surface area contributed by atoms with Crippen LogP contribution in [0.15, 0.2) is 91.0 Å². The maximum atomic E-state index is 2.52. The van der Waals surface area contributed by atoms with Gasteiger partial charge in [-0.2, -0.15) is 0 Å². The van der Waals surface area contributed by atoms with E-state index >= 15 is 0 Å². The van der Waals surface area contributed by atoms with E-state index in [0.717, 1.165) is 0 Å². The van der Waals surface area contributed by atoms with Crippen molar-refractivity contribution in [2.24, 2.45) is 0 Å². The summed E-state index contributed by atoms with van der Waals surface area (Å²) in [6.07, 6.45) is 10.2. The Kier molecular flexibility index (Phi) is 9.30. The molecule has 2 atom stereocenters.